The molecule has 6 rings (SSSR count). The molecule has 6 fully saturated rings. The first kappa shape index (κ1) is 44.1. The molecule has 6 aliphatic rings. The van der Waals surface area contributed by atoms with E-state index < -0.39 is 135 Å². The number of ether oxygens (including phenoxy) is 7. The van der Waals surface area contributed by atoms with Crippen molar-refractivity contribution in [2.75, 3.05) is 20.3 Å². The minimum atomic E-state index is -1.77. The minimum Gasteiger partial charge on any atom is -0.460 e. The highest BCUT2D eigenvalue weighted by molar-refractivity contribution is 5.81. The maximum Gasteiger partial charge on any atom is 0.330 e. The summed E-state index contributed by atoms with van der Waals surface area (Å²) in [7, 11) is 1.51. The van der Waals surface area contributed by atoms with Crippen LogP contribution in [0.2, 0.25) is 0 Å². The van der Waals surface area contributed by atoms with Crippen LogP contribution >= 0.6 is 0 Å². The number of allylic oxidation sites excluding steroid dienone is 1. The summed E-state index contributed by atoms with van der Waals surface area (Å²) in [5.74, 6) is -1.58. The number of rotatable bonds is 11. The van der Waals surface area contributed by atoms with Gasteiger partial charge in [0.1, 0.15) is 61.5 Å². The molecule has 0 aromatic carbocycles. The van der Waals surface area contributed by atoms with Gasteiger partial charge in [-0.1, -0.05) is 6.08 Å². The molecular weight excluding hydrogens is 748 g/mol. The Labute approximate surface area is 324 Å². The van der Waals surface area contributed by atoms with Crippen molar-refractivity contribution in [1.29, 1.82) is 0 Å². The average molecular weight is 810 g/mol. The number of esters is 1. The van der Waals surface area contributed by atoms with Gasteiger partial charge in [0.05, 0.1) is 49.1 Å². The lowest BCUT2D eigenvalue weighted by Gasteiger charge is -2.50. The van der Waals surface area contributed by atoms with Crippen LogP contribution in [-0.4, -0.2) is 204 Å². The molecule has 12 unspecified atom stereocenters. The Morgan fingerprint density at radius 3 is 1.98 bits per heavy atom. The molecule has 0 spiro atoms. The summed E-state index contributed by atoms with van der Waals surface area (Å²) in [6, 6.07) is 0. The van der Waals surface area contributed by atoms with E-state index in [2.05, 4.69) is 0 Å². The van der Waals surface area contributed by atoms with Gasteiger partial charge in [0.15, 0.2) is 24.8 Å². The fourth-order valence-corrected chi connectivity index (χ4v) is 9.33. The Balaban J connectivity index is 1.16. The molecule has 56 heavy (non-hydrogen) atoms. The van der Waals surface area contributed by atoms with Crippen LogP contribution < -0.4 is 0 Å². The van der Waals surface area contributed by atoms with Crippen molar-refractivity contribution in [2.24, 2.45) is 17.8 Å². The molecule has 3 heterocycles. The van der Waals surface area contributed by atoms with Crippen LogP contribution in [0.1, 0.15) is 57.8 Å². The molecule has 0 aromatic heterocycles. The zero-order chi connectivity index (χ0) is 40.4. The van der Waals surface area contributed by atoms with Crippen LogP contribution in [0.5, 0.6) is 0 Å². The SMILES string of the molecule is COC1CC(C=CC(=O)OC[C@H]2O[C@@H](OC3CC4C(O[C@@H]5O[C@H](CO)[C@@H](O)[C@H](O)[C@H]5O)CC(O)CC4[OH+]C3C3CCC(O)C(O)C3)[C@H](O)[C@@H](O)[C@@H]2O)CCC1O. The number of aliphatic hydroxyl groups excluding tert-OH is 11. The summed E-state index contributed by atoms with van der Waals surface area (Å²) in [5, 5.41) is 116. The molecule has 3 aliphatic carbocycles. The Morgan fingerprint density at radius 2 is 1.32 bits per heavy atom. The zero-order valence-corrected chi connectivity index (χ0v) is 31.4. The van der Waals surface area contributed by atoms with E-state index in [-0.39, 0.29) is 50.0 Å². The molecule has 322 valence electrons. The lowest BCUT2D eigenvalue weighted by Crippen LogP contribution is -2.64. The van der Waals surface area contributed by atoms with Crippen LogP contribution in [0.15, 0.2) is 12.2 Å². The maximum absolute atomic E-state index is 12.7. The fraction of sp³-hybridized carbons (Fsp3) is 0.919. The summed E-state index contributed by atoms with van der Waals surface area (Å²) in [4.78, 5) is 12.7. The molecule has 3 saturated heterocycles. The van der Waals surface area contributed by atoms with E-state index in [1.165, 1.54) is 13.2 Å². The third-order valence-electron chi connectivity index (χ3n) is 12.7. The van der Waals surface area contributed by atoms with Crippen LogP contribution in [0, 0.1) is 17.8 Å². The van der Waals surface area contributed by atoms with Crippen molar-refractivity contribution in [1.82, 2.24) is 0 Å². The number of methoxy groups -OCH3 is 1. The number of hydrogen-bond donors (Lipinski definition) is 11. The molecule has 0 bridgehead atoms. The zero-order valence-electron chi connectivity index (χ0n) is 31.4. The quantitative estimate of drug-likeness (QED) is 0.0533. The van der Waals surface area contributed by atoms with Gasteiger partial charge in [0.2, 0.25) is 0 Å². The summed E-state index contributed by atoms with van der Waals surface area (Å²) in [6.07, 6.45) is -16.4. The molecule has 0 aromatic rings. The molecule has 22 atom stereocenters. The maximum atomic E-state index is 12.7. The van der Waals surface area contributed by atoms with Crippen molar-refractivity contribution in [2.45, 2.75) is 174 Å². The Hall–Kier alpha value is -1.47. The predicted molar refractivity (Wildman–Crippen MR) is 187 cm³/mol. The second-order valence-corrected chi connectivity index (χ2v) is 16.4. The monoisotopic (exact) mass is 809 g/mol. The van der Waals surface area contributed by atoms with Gasteiger partial charge in [0, 0.05) is 31.9 Å². The van der Waals surface area contributed by atoms with E-state index in [9.17, 15) is 61.0 Å². The van der Waals surface area contributed by atoms with Crippen molar-refractivity contribution in [3.05, 3.63) is 12.2 Å². The molecule has 0 radical (unpaired) electrons. The first-order valence-corrected chi connectivity index (χ1v) is 19.8. The van der Waals surface area contributed by atoms with Crippen molar-refractivity contribution in [3.63, 3.8) is 0 Å². The minimum absolute atomic E-state index is 0.0289. The third kappa shape index (κ3) is 9.93. The second-order valence-electron chi connectivity index (χ2n) is 16.4. The smallest absolute Gasteiger partial charge is 0.330 e. The largest absolute Gasteiger partial charge is 0.460 e. The Morgan fingerprint density at radius 1 is 0.679 bits per heavy atom. The first-order chi connectivity index (χ1) is 26.7. The highest BCUT2D eigenvalue weighted by Crippen LogP contribution is 2.44. The standard InChI is InChI=1S/C37H60O19/c1-50-24-8-15(2-5-20(24)41)3-7-28(43)51-14-27-30(45)32(47)34(49)37(56-27)54-25-12-18-22(52-35(25)16-4-6-19(40)21(42)9-16)10-17(39)11-23(18)53-36-33(48)31(46)29(44)26(13-38)55-36/h3,7,15-27,29-42,44-49H,2,4-6,8-14H2,1H3/p+1/t15?,16?,17?,18?,19?,20?,21?,22?,23?,24?,25?,26-,27-,29-,30-,31+,32+,33-,34-,35?,36-,37-/m1/s1. The van der Waals surface area contributed by atoms with Crippen molar-refractivity contribution in [3.8, 4) is 0 Å². The van der Waals surface area contributed by atoms with E-state index in [1.54, 1.807) is 6.08 Å². The lowest BCUT2D eigenvalue weighted by atomic mass is 9.72. The van der Waals surface area contributed by atoms with Gasteiger partial charge >= 0.3 is 5.97 Å². The second kappa shape index (κ2) is 19.3. The number of carbonyl (C=O) groups is 1. The van der Waals surface area contributed by atoms with Crippen LogP contribution in [0.3, 0.4) is 0 Å². The molecule has 3 saturated carbocycles. The number of fused-ring (bicyclic) bond motifs is 1. The molecule has 19 nitrogen and oxygen atoms in total. The van der Waals surface area contributed by atoms with Gasteiger partial charge in [-0.3, -0.25) is 0 Å². The highest BCUT2D eigenvalue weighted by atomic mass is 16.7. The molecule has 19 heteroatoms. The summed E-state index contributed by atoms with van der Waals surface area (Å²) in [6.45, 7) is -1.16. The number of aliphatic hydroxyl groups is 13. The predicted octanol–water partition coefficient (Wildman–Crippen LogP) is -4.40. The summed E-state index contributed by atoms with van der Waals surface area (Å²) < 4.78 is 39.9. The Kier molecular flexibility index (Phi) is 15.2. The molecule has 3 aliphatic heterocycles. The average Bonchev–Trinajstić information content (AvgIpc) is 3.18. The molecular formula is C37H61O19+. The highest BCUT2D eigenvalue weighted by Gasteiger charge is 2.56. The normalized spacial score (nSPS) is 50.4. The molecule has 12 N–H and O–H groups in total. The van der Waals surface area contributed by atoms with Crippen molar-refractivity contribution >= 4 is 5.97 Å². The third-order valence-corrected chi connectivity index (χ3v) is 12.7. The van der Waals surface area contributed by atoms with Gasteiger partial charge < -0.3 is 89.3 Å². The first-order valence-electron chi connectivity index (χ1n) is 19.8. The van der Waals surface area contributed by atoms with Crippen LogP contribution in [0.25, 0.3) is 0 Å². The summed E-state index contributed by atoms with van der Waals surface area (Å²) >= 11 is 0. The lowest BCUT2D eigenvalue weighted by molar-refractivity contribution is -0.367. The van der Waals surface area contributed by atoms with Gasteiger partial charge in [-0.05, 0) is 50.9 Å². The van der Waals surface area contributed by atoms with Gasteiger partial charge in [-0.15, -0.1) is 0 Å². The molecule has 0 amide bonds. The van der Waals surface area contributed by atoms with Crippen molar-refractivity contribution < 1.29 is 94.1 Å². The van der Waals surface area contributed by atoms with E-state index in [4.69, 9.17) is 33.2 Å². The van der Waals surface area contributed by atoms with E-state index in [0.717, 1.165) is 0 Å². The number of hydrogen-bond acceptors (Lipinski definition) is 18. The van der Waals surface area contributed by atoms with Gasteiger partial charge in [-0.25, -0.2) is 4.79 Å². The van der Waals surface area contributed by atoms with Crippen LogP contribution in [0.4, 0.5) is 0 Å². The van der Waals surface area contributed by atoms with E-state index >= 15 is 0 Å². The van der Waals surface area contributed by atoms with Gasteiger partial charge in [0.25, 0.3) is 0 Å². The van der Waals surface area contributed by atoms with E-state index in [1.807, 2.05) is 0 Å². The van der Waals surface area contributed by atoms with Gasteiger partial charge in [-0.2, -0.15) is 0 Å². The fourth-order valence-electron chi connectivity index (χ4n) is 9.33. The Bertz CT molecular complexity index is 1290. The number of carbonyl (C=O) groups excluding carboxylic acids is 1. The van der Waals surface area contributed by atoms with E-state index in [0.29, 0.717) is 25.7 Å². The van der Waals surface area contributed by atoms with Crippen LogP contribution in [-0.2, 0) is 33.2 Å². The summed E-state index contributed by atoms with van der Waals surface area (Å²) in [5.41, 5.74) is 0. The topological polar surface area (TPSA) is 308 Å².